The van der Waals surface area contributed by atoms with Crippen molar-refractivity contribution >= 4 is 23.2 Å². The quantitative estimate of drug-likeness (QED) is 0.289. The Hall–Kier alpha value is -2.52. The molecule has 4 heteroatoms. The summed E-state index contributed by atoms with van der Waals surface area (Å²) in [5.41, 5.74) is 4.81. The van der Waals surface area contributed by atoms with Gasteiger partial charge in [-0.15, -0.1) is 0 Å². The highest BCUT2D eigenvalue weighted by Gasteiger charge is 2.13. The molecule has 0 aliphatic carbocycles. The first-order chi connectivity index (χ1) is 14.7. The van der Waals surface area contributed by atoms with Crippen molar-refractivity contribution in [2.45, 2.75) is 19.5 Å². The Labute approximate surface area is 188 Å². The molecule has 0 saturated heterocycles. The SMILES string of the molecule is Clc1ccc(-n2cccc2CN(CCc2ccccc2)Cc2ccccc2)c(Cl)c1. The second-order valence-electron chi connectivity index (χ2n) is 7.40. The maximum atomic E-state index is 6.48. The van der Waals surface area contributed by atoms with Crippen LogP contribution in [0, 0.1) is 0 Å². The lowest BCUT2D eigenvalue weighted by Crippen LogP contribution is -2.26. The molecule has 152 valence electrons. The van der Waals surface area contributed by atoms with Gasteiger partial charge in [0.15, 0.2) is 0 Å². The lowest BCUT2D eigenvalue weighted by molar-refractivity contribution is 0.255. The van der Waals surface area contributed by atoms with Crippen LogP contribution in [0.25, 0.3) is 5.69 Å². The van der Waals surface area contributed by atoms with Crippen LogP contribution in [0.4, 0.5) is 0 Å². The third-order valence-electron chi connectivity index (χ3n) is 5.20. The molecule has 0 fully saturated rings. The van der Waals surface area contributed by atoms with E-state index in [1.54, 1.807) is 6.07 Å². The molecule has 0 N–H and O–H groups in total. The highest BCUT2D eigenvalue weighted by Crippen LogP contribution is 2.26. The summed E-state index contributed by atoms with van der Waals surface area (Å²) in [6, 6.07) is 31.1. The molecule has 4 rings (SSSR count). The van der Waals surface area contributed by atoms with Gasteiger partial charge in [0.1, 0.15) is 0 Å². The first kappa shape index (κ1) is 20.7. The largest absolute Gasteiger partial charge is 0.318 e. The van der Waals surface area contributed by atoms with Gasteiger partial charge < -0.3 is 4.57 Å². The topological polar surface area (TPSA) is 8.17 Å². The van der Waals surface area contributed by atoms with Crippen molar-refractivity contribution in [3.63, 3.8) is 0 Å². The lowest BCUT2D eigenvalue weighted by atomic mass is 10.1. The number of hydrogen-bond donors (Lipinski definition) is 0. The van der Waals surface area contributed by atoms with Crippen molar-refractivity contribution in [2.24, 2.45) is 0 Å². The number of benzene rings is 3. The molecular formula is C26H24Cl2N2. The summed E-state index contributed by atoms with van der Waals surface area (Å²) in [6.45, 7) is 2.69. The maximum absolute atomic E-state index is 6.48. The van der Waals surface area contributed by atoms with Gasteiger partial charge in [0.25, 0.3) is 0 Å². The molecule has 2 nitrogen and oxygen atoms in total. The molecule has 0 spiro atoms. The zero-order valence-corrected chi connectivity index (χ0v) is 18.2. The van der Waals surface area contributed by atoms with Gasteiger partial charge in [-0.3, -0.25) is 4.90 Å². The molecule has 1 heterocycles. The van der Waals surface area contributed by atoms with Gasteiger partial charge in [-0.1, -0.05) is 83.9 Å². The molecular weight excluding hydrogens is 411 g/mol. The van der Waals surface area contributed by atoms with Crippen molar-refractivity contribution in [1.82, 2.24) is 9.47 Å². The van der Waals surface area contributed by atoms with E-state index in [1.807, 2.05) is 12.1 Å². The molecule has 0 bridgehead atoms. The second-order valence-corrected chi connectivity index (χ2v) is 8.24. The van der Waals surface area contributed by atoms with E-state index in [9.17, 15) is 0 Å². The summed E-state index contributed by atoms with van der Waals surface area (Å²) in [5, 5.41) is 1.30. The molecule has 0 aliphatic rings. The van der Waals surface area contributed by atoms with E-state index in [0.29, 0.717) is 10.0 Å². The summed E-state index contributed by atoms with van der Waals surface area (Å²) in [5.74, 6) is 0. The molecule has 4 aromatic rings. The average molecular weight is 435 g/mol. The van der Waals surface area contributed by atoms with Crippen LogP contribution in [-0.4, -0.2) is 16.0 Å². The molecule has 0 radical (unpaired) electrons. The van der Waals surface area contributed by atoms with E-state index in [1.165, 1.54) is 16.8 Å². The normalized spacial score (nSPS) is 11.2. The van der Waals surface area contributed by atoms with Crippen molar-refractivity contribution in [2.75, 3.05) is 6.54 Å². The minimum absolute atomic E-state index is 0.644. The van der Waals surface area contributed by atoms with Crippen molar-refractivity contribution in [3.8, 4) is 5.69 Å². The molecule has 3 aromatic carbocycles. The van der Waals surface area contributed by atoms with Gasteiger partial charge in [-0.05, 0) is 47.9 Å². The van der Waals surface area contributed by atoms with Crippen LogP contribution in [0.5, 0.6) is 0 Å². The number of nitrogens with zero attached hydrogens (tertiary/aromatic N) is 2. The molecule has 1 aromatic heterocycles. The lowest BCUT2D eigenvalue weighted by Gasteiger charge is -2.24. The van der Waals surface area contributed by atoms with Crippen LogP contribution >= 0.6 is 23.2 Å². The van der Waals surface area contributed by atoms with Crippen LogP contribution < -0.4 is 0 Å². The standard InChI is InChI=1S/C26H24Cl2N2/c27-23-13-14-26(25(28)18-23)30-16-7-12-24(30)20-29(19-22-10-5-2-6-11-22)17-15-21-8-3-1-4-9-21/h1-14,16,18H,15,17,19-20H2. The van der Waals surface area contributed by atoms with Gasteiger partial charge >= 0.3 is 0 Å². The van der Waals surface area contributed by atoms with Gasteiger partial charge in [-0.25, -0.2) is 0 Å². The predicted octanol–water partition coefficient (Wildman–Crippen LogP) is 7.03. The van der Waals surface area contributed by atoms with E-state index in [4.69, 9.17) is 23.2 Å². The van der Waals surface area contributed by atoms with E-state index in [0.717, 1.165) is 31.7 Å². The molecule has 0 aliphatic heterocycles. The maximum Gasteiger partial charge on any atom is 0.0661 e. The van der Waals surface area contributed by atoms with Crippen molar-refractivity contribution < 1.29 is 0 Å². The Balaban J connectivity index is 1.56. The van der Waals surface area contributed by atoms with Crippen LogP contribution in [0.1, 0.15) is 16.8 Å². The molecule has 0 unspecified atom stereocenters. The minimum atomic E-state index is 0.644. The number of rotatable bonds is 8. The Morgan fingerprint density at radius 3 is 2.10 bits per heavy atom. The summed E-state index contributed by atoms with van der Waals surface area (Å²) < 4.78 is 2.15. The number of hydrogen-bond acceptors (Lipinski definition) is 1. The van der Waals surface area contributed by atoms with Crippen LogP contribution in [0.2, 0.25) is 10.0 Å². The minimum Gasteiger partial charge on any atom is -0.318 e. The second kappa shape index (κ2) is 9.99. The van der Waals surface area contributed by atoms with E-state index in [2.05, 4.69) is 88.5 Å². The van der Waals surface area contributed by atoms with Gasteiger partial charge in [-0.2, -0.15) is 0 Å². The molecule has 0 atom stereocenters. The molecule has 0 amide bonds. The highest BCUT2D eigenvalue weighted by atomic mass is 35.5. The zero-order chi connectivity index (χ0) is 20.8. The number of halogens is 2. The fourth-order valence-corrected chi connectivity index (χ4v) is 4.17. The van der Waals surface area contributed by atoms with Gasteiger partial charge in [0, 0.05) is 36.5 Å². The summed E-state index contributed by atoms with van der Waals surface area (Å²) >= 11 is 12.6. The Kier molecular flexibility index (Phi) is 6.91. The van der Waals surface area contributed by atoms with Crippen molar-refractivity contribution in [1.29, 1.82) is 0 Å². The summed E-state index contributed by atoms with van der Waals surface area (Å²) in [6.07, 6.45) is 3.07. The van der Waals surface area contributed by atoms with E-state index < -0.39 is 0 Å². The van der Waals surface area contributed by atoms with Crippen LogP contribution in [0.15, 0.2) is 97.2 Å². The Morgan fingerprint density at radius 2 is 1.40 bits per heavy atom. The fraction of sp³-hybridized carbons (Fsp3) is 0.154. The first-order valence-electron chi connectivity index (χ1n) is 10.1. The monoisotopic (exact) mass is 434 g/mol. The molecule has 0 saturated carbocycles. The Morgan fingerprint density at radius 1 is 0.700 bits per heavy atom. The van der Waals surface area contributed by atoms with Crippen LogP contribution in [-0.2, 0) is 19.5 Å². The predicted molar refractivity (Wildman–Crippen MR) is 126 cm³/mol. The van der Waals surface area contributed by atoms with Crippen LogP contribution in [0.3, 0.4) is 0 Å². The third-order valence-corrected chi connectivity index (χ3v) is 5.73. The summed E-state index contributed by atoms with van der Waals surface area (Å²) in [7, 11) is 0. The zero-order valence-electron chi connectivity index (χ0n) is 16.7. The van der Waals surface area contributed by atoms with Crippen molar-refractivity contribution in [3.05, 3.63) is 124 Å². The smallest absolute Gasteiger partial charge is 0.0661 e. The third kappa shape index (κ3) is 5.34. The van der Waals surface area contributed by atoms with E-state index in [-0.39, 0.29) is 0 Å². The van der Waals surface area contributed by atoms with Gasteiger partial charge in [0.2, 0.25) is 0 Å². The molecule has 30 heavy (non-hydrogen) atoms. The fourth-order valence-electron chi connectivity index (χ4n) is 3.67. The average Bonchev–Trinajstić information content (AvgIpc) is 3.21. The first-order valence-corrected chi connectivity index (χ1v) is 10.9. The highest BCUT2D eigenvalue weighted by molar-refractivity contribution is 6.35. The Bertz CT molecular complexity index is 1070. The van der Waals surface area contributed by atoms with Gasteiger partial charge in [0.05, 0.1) is 10.7 Å². The summed E-state index contributed by atoms with van der Waals surface area (Å²) in [4.78, 5) is 2.48. The number of aromatic nitrogens is 1. The van der Waals surface area contributed by atoms with E-state index >= 15 is 0 Å².